The fraction of sp³-hybridized carbons (Fsp3) is 0.538. The van der Waals surface area contributed by atoms with Crippen LogP contribution >= 0.6 is 0 Å². The number of benzene rings is 1. The molecule has 16 heavy (non-hydrogen) atoms. The number of rotatable bonds is 2. The average molecular weight is 219 g/mol. The van der Waals surface area contributed by atoms with E-state index < -0.39 is 0 Å². The summed E-state index contributed by atoms with van der Waals surface area (Å²) in [6.45, 7) is 6.76. The van der Waals surface area contributed by atoms with E-state index in [4.69, 9.17) is 0 Å². The lowest BCUT2D eigenvalue weighted by molar-refractivity contribution is 0.0748. The average Bonchev–Trinajstić information content (AvgIpc) is 2.25. The second-order valence-electron chi connectivity index (χ2n) is 4.80. The van der Waals surface area contributed by atoms with Gasteiger partial charge in [-0.2, -0.15) is 0 Å². The predicted molar refractivity (Wildman–Crippen MR) is 68.3 cm³/mol. The molecule has 2 atom stereocenters. The van der Waals surface area contributed by atoms with E-state index in [1.54, 1.807) is 0 Å². The van der Waals surface area contributed by atoms with Crippen LogP contribution in [0.5, 0.6) is 0 Å². The standard InChI is InChI=1S/C13H21N3/c1-11-9-15(3)10-12(2)16(11)14-13-7-5-4-6-8-13/h4-8,11-12,14H,9-10H2,1-3H3. The summed E-state index contributed by atoms with van der Waals surface area (Å²) in [7, 11) is 2.19. The van der Waals surface area contributed by atoms with Crippen molar-refractivity contribution >= 4 is 5.69 Å². The molecule has 1 aliphatic heterocycles. The Kier molecular flexibility index (Phi) is 3.46. The summed E-state index contributed by atoms with van der Waals surface area (Å²) in [5.74, 6) is 0. The predicted octanol–water partition coefficient (Wildman–Crippen LogP) is 2.04. The third kappa shape index (κ3) is 2.54. The van der Waals surface area contributed by atoms with Crippen LogP contribution in [0.25, 0.3) is 0 Å². The van der Waals surface area contributed by atoms with Gasteiger partial charge in [0.1, 0.15) is 0 Å². The minimum absolute atomic E-state index is 0.536. The van der Waals surface area contributed by atoms with Crippen LogP contribution < -0.4 is 5.43 Å². The summed E-state index contributed by atoms with van der Waals surface area (Å²) < 4.78 is 0. The molecule has 0 aliphatic carbocycles. The highest BCUT2D eigenvalue weighted by atomic mass is 15.6. The first-order valence-corrected chi connectivity index (χ1v) is 5.95. The molecular formula is C13H21N3. The number of anilines is 1. The van der Waals surface area contributed by atoms with Gasteiger partial charge >= 0.3 is 0 Å². The van der Waals surface area contributed by atoms with Gasteiger partial charge in [0.2, 0.25) is 0 Å². The molecule has 0 saturated carbocycles. The maximum absolute atomic E-state index is 3.51. The summed E-state index contributed by atoms with van der Waals surface area (Å²) >= 11 is 0. The molecule has 1 aliphatic rings. The van der Waals surface area contributed by atoms with Crippen molar-refractivity contribution in [1.29, 1.82) is 0 Å². The molecule has 1 N–H and O–H groups in total. The van der Waals surface area contributed by atoms with Gasteiger partial charge in [-0.1, -0.05) is 18.2 Å². The summed E-state index contributed by atoms with van der Waals surface area (Å²) in [5.41, 5.74) is 4.68. The van der Waals surface area contributed by atoms with Crippen LogP contribution in [-0.4, -0.2) is 42.1 Å². The van der Waals surface area contributed by atoms with Crippen LogP contribution in [0.15, 0.2) is 30.3 Å². The molecule has 2 rings (SSSR count). The van der Waals surface area contributed by atoms with Crippen molar-refractivity contribution in [2.24, 2.45) is 0 Å². The minimum Gasteiger partial charge on any atom is -0.318 e. The fourth-order valence-electron chi connectivity index (χ4n) is 2.47. The lowest BCUT2D eigenvalue weighted by Crippen LogP contribution is -2.57. The van der Waals surface area contributed by atoms with Crippen LogP contribution in [0.1, 0.15) is 13.8 Å². The van der Waals surface area contributed by atoms with Gasteiger partial charge in [-0.05, 0) is 33.0 Å². The molecule has 88 valence electrons. The van der Waals surface area contributed by atoms with E-state index in [0.717, 1.165) is 13.1 Å². The monoisotopic (exact) mass is 219 g/mol. The van der Waals surface area contributed by atoms with E-state index in [9.17, 15) is 0 Å². The Morgan fingerprint density at radius 2 is 1.62 bits per heavy atom. The highest BCUT2D eigenvalue weighted by Gasteiger charge is 2.27. The number of likely N-dealkylation sites (N-methyl/N-ethyl adjacent to an activating group) is 1. The van der Waals surface area contributed by atoms with Crippen molar-refractivity contribution in [3.8, 4) is 0 Å². The molecule has 2 unspecified atom stereocenters. The van der Waals surface area contributed by atoms with Crippen LogP contribution in [0.4, 0.5) is 5.69 Å². The van der Waals surface area contributed by atoms with E-state index in [1.165, 1.54) is 5.69 Å². The topological polar surface area (TPSA) is 18.5 Å². The smallest absolute Gasteiger partial charge is 0.0490 e. The molecule has 1 saturated heterocycles. The molecule has 1 heterocycles. The number of hydrogen-bond acceptors (Lipinski definition) is 3. The number of hydrogen-bond donors (Lipinski definition) is 1. The van der Waals surface area contributed by atoms with Crippen molar-refractivity contribution in [2.45, 2.75) is 25.9 Å². The zero-order chi connectivity index (χ0) is 11.5. The van der Waals surface area contributed by atoms with Crippen molar-refractivity contribution in [2.75, 3.05) is 25.6 Å². The number of para-hydroxylation sites is 1. The quantitative estimate of drug-likeness (QED) is 0.821. The number of nitrogens with zero attached hydrogens (tertiary/aromatic N) is 2. The second-order valence-corrected chi connectivity index (χ2v) is 4.80. The van der Waals surface area contributed by atoms with Gasteiger partial charge in [-0.3, -0.25) is 0 Å². The van der Waals surface area contributed by atoms with Crippen molar-refractivity contribution in [3.63, 3.8) is 0 Å². The van der Waals surface area contributed by atoms with Gasteiger partial charge in [-0.25, -0.2) is 5.01 Å². The minimum atomic E-state index is 0.536. The zero-order valence-electron chi connectivity index (χ0n) is 10.4. The molecule has 0 spiro atoms. The molecule has 0 radical (unpaired) electrons. The van der Waals surface area contributed by atoms with E-state index in [-0.39, 0.29) is 0 Å². The van der Waals surface area contributed by atoms with Crippen LogP contribution in [0.2, 0.25) is 0 Å². The first-order valence-electron chi connectivity index (χ1n) is 5.95. The Labute approximate surface area is 98.0 Å². The number of hydrazine groups is 1. The molecule has 0 aromatic heterocycles. The maximum Gasteiger partial charge on any atom is 0.0490 e. The molecule has 1 aromatic carbocycles. The fourth-order valence-corrected chi connectivity index (χ4v) is 2.47. The molecular weight excluding hydrogens is 198 g/mol. The Morgan fingerprint density at radius 1 is 1.06 bits per heavy atom. The van der Waals surface area contributed by atoms with E-state index in [0.29, 0.717) is 12.1 Å². The Balaban J connectivity index is 2.03. The molecule has 0 amide bonds. The van der Waals surface area contributed by atoms with Crippen molar-refractivity contribution in [3.05, 3.63) is 30.3 Å². The van der Waals surface area contributed by atoms with Gasteiger partial charge < -0.3 is 10.3 Å². The van der Waals surface area contributed by atoms with Gasteiger partial charge in [0, 0.05) is 30.9 Å². The zero-order valence-corrected chi connectivity index (χ0v) is 10.4. The van der Waals surface area contributed by atoms with E-state index in [2.05, 4.69) is 60.5 Å². The first kappa shape index (κ1) is 11.4. The van der Waals surface area contributed by atoms with Gasteiger partial charge in [0.25, 0.3) is 0 Å². The Hall–Kier alpha value is -1.06. The Bertz CT molecular complexity index is 313. The lowest BCUT2D eigenvalue weighted by atomic mass is 10.1. The summed E-state index contributed by atoms with van der Waals surface area (Å²) in [6.07, 6.45) is 0. The third-order valence-electron chi connectivity index (χ3n) is 3.13. The maximum atomic E-state index is 3.51. The summed E-state index contributed by atoms with van der Waals surface area (Å²) in [5, 5.41) is 2.36. The SMILES string of the molecule is CC1CN(C)CC(C)N1Nc1ccccc1. The molecule has 1 fully saturated rings. The number of nitrogens with one attached hydrogen (secondary N) is 1. The summed E-state index contributed by atoms with van der Waals surface area (Å²) in [6, 6.07) is 11.5. The summed E-state index contributed by atoms with van der Waals surface area (Å²) in [4.78, 5) is 2.39. The highest BCUT2D eigenvalue weighted by Crippen LogP contribution is 2.16. The molecule has 3 nitrogen and oxygen atoms in total. The van der Waals surface area contributed by atoms with Gasteiger partial charge in [-0.15, -0.1) is 0 Å². The third-order valence-corrected chi connectivity index (χ3v) is 3.13. The second kappa shape index (κ2) is 4.85. The van der Waals surface area contributed by atoms with Crippen molar-refractivity contribution < 1.29 is 0 Å². The van der Waals surface area contributed by atoms with Gasteiger partial charge in [0.05, 0.1) is 0 Å². The van der Waals surface area contributed by atoms with Crippen LogP contribution in [0.3, 0.4) is 0 Å². The molecule has 0 bridgehead atoms. The first-order chi connectivity index (χ1) is 7.66. The highest BCUT2D eigenvalue weighted by molar-refractivity contribution is 5.41. The van der Waals surface area contributed by atoms with E-state index in [1.807, 2.05) is 6.07 Å². The largest absolute Gasteiger partial charge is 0.318 e. The normalized spacial score (nSPS) is 27.9. The molecule has 1 aromatic rings. The number of piperazine rings is 1. The lowest BCUT2D eigenvalue weighted by Gasteiger charge is -2.43. The van der Waals surface area contributed by atoms with Gasteiger partial charge in [0.15, 0.2) is 0 Å². The Morgan fingerprint density at radius 3 is 2.19 bits per heavy atom. The van der Waals surface area contributed by atoms with Crippen LogP contribution in [0, 0.1) is 0 Å². The van der Waals surface area contributed by atoms with Crippen LogP contribution in [-0.2, 0) is 0 Å². The molecule has 3 heteroatoms. The van der Waals surface area contributed by atoms with E-state index >= 15 is 0 Å². The van der Waals surface area contributed by atoms with Crippen molar-refractivity contribution in [1.82, 2.24) is 9.91 Å².